The Morgan fingerprint density at radius 2 is 1.93 bits per heavy atom. The van der Waals surface area contributed by atoms with Gasteiger partial charge < -0.3 is 19.8 Å². The minimum absolute atomic E-state index is 0.167. The molecule has 0 aliphatic rings. The quantitative estimate of drug-likeness (QED) is 0.551. The van der Waals surface area contributed by atoms with Crippen LogP contribution in [-0.4, -0.2) is 60.4 Å². The zero-order valence-corrected chi connectivity index (χ0v) is 8.97. The van der Waals surface area contributed by atoms with Gasteiger partial charge in [-0.2, -0.15) is 0 Å². The number of carboxylic acid groups (broad SMARTS) is 1. The molecule has 0 bridgehead atoms. The van der Waals surface area contributed by atoms with E-state index in [-0.39, 0.29) is 19.4 Å². The summed E-state index contributed by atoms with van der Waals surface area (Å²) in [4.78, 5) is 23.0. The van der Waals surface area contributed by atoms with E-state index in [0.717, 1.165) is 0 Å². The number of likely N-dealkylation sites (N-methyl/N-ethyl adjacent to an activating group) is 1. The highest BCUT2D eigenvalue weighted by atomic mass is 16.6. The van der Waals surface area contributed by atoms with E-state index in [9.17, 15) is 9.59 Å². The van der Waals surface area contributed by atoms with Gasteiger partial charge in [-0.05, 0) is 14.1 Å². The Morgan fingerprint density at radius 3 is 2.33 bits per heavy atom. The third kappa shape index (κ3) is 7.90. The Morgan fingerprint density at radius 1 is 1.33 bits per heavy atom. The molecule has 6 nitrogen and oxygen atoms in total. The van der Waals surface area contributed by atoms with Gasteiger partial charge in [-0.3, -0.25) is 9.59 Å². The van der Waals surface area contributed by atoms with Crippen LogP contribution in [0.4, 0.5) is 0 Å². The summed E-state index contributed by atoms with van der Waals surface area (Å²) in [5, 5.41) is 17.2. The first-order chi connectivity index (χ1) is 6.95. The molecule has 0 aliphatic heterocycles. The third-order valence-electron chi connectivity index (χ3n) is 1.61. The van der Waals surface area contributed by atoms with Crippen LogP contribution >= 0.6 is 0 Å². The Kier molecular flexibility index (Phi) is 6.64. The largest absolute Gasteiger partial charge is 0.481 e. The lowest BCUT2D eigenvalue weighted by molar-refractivity contribution is -0.154. The predicted molar refractivity (Wildman–Crippen MR) is 52.4 cm³/mol. The Balaban J connectivity index is 3.85. The van der Waals surface area contributed by atoms with Crippen LogP contribution in [0.5, 0.6) is 0 Å². The van der Waals surface area contributed by atoms with E-state index in [4.69, 9.17) is 14.9 Å². The SMILES string of the molecule is CN(C)CC(CO)OC(=O)CCC(=O)O. The molecule has 15 heavy (non-hydrogen) atoms. The smallest absolute Gasteiger partial charge is 0.306 e. The number of aliphatic hydroxyl groups excluding tert-OH is 1. The van der Waals surface area contributed by atoms with Gasteiger partial charge in [0.15, 0.2) is 0 Å². The lowest BCUT2D eigenvalue weighted by atomic mass is 10.3. The van der Waals surface area contributed by atoms with Crippen molar-refractivity contribution in [3.63, 3.8) is 0 Å². The summed E-state index contributed by atoms with van der Waals surface area (Å²) in [6, 6.07) is 0. The molecular weight excluding hydrogens is 202 g/mol. The maximum absolute atomic E-state index is 11.1. The minimum Gasteiger partial charge on any atom is -0.481 e. The second kappa shape index (κ2) is 7.19. The molecule has 1 unspecified atom stereocenters. The van der Waals surface area contributed by atoms with Crippen LogP contribution in [0.25, 0.3) is 0 Å². The molecule has 0 radical (unpaired) electrons. The number of aliphatic carboxylic acids is 1. The molecule has 0 amide bonds. The topological polar surface area (TPSA) is 87.1 Å². The molecule has 0 saturated heterocycles. The number of carbonyl (C=O) groups is 2. The standard InChI is InChI=1S/C9H17NO5/c1-10(2)5-7(6-11)15-9(14)4-3-8(12)13/h7,11H,3-6H2,1-2H3,(H,12,13). The molecule has 0 aromatic rings. The molecular formula is C9H17NO5. The molecule has 0 aromatic carbocycles. The maximum Gasteiger partial charge on any atom is 0.306 e. The summed E-state index contributed by atoms with van der Waals surface area (Å²) in [6.07, 6.45) is -1.01. The molecule has 0 spiro atoms. The van der Waals surface area contributed by atoms with Crippen LogP contribution in [0.3, 0.4) is 0 Å². The van der Waals surface area contributed by atoms with E-state index in [1.165, 1.54) is 0 Å². The lowest BCUT2D eigenvalue weighted by Gasteiger charge is -2.19. The van der Waals surface area contributed by atoms with Crippen LogP contribution in [0, 0.1) is 0 Å². The Hall–Kier alpha value is -1.14. The number of hydrogen-bond donors (Lipinski definition) is 2. The monoisotopic (exact) mass is 219 g/mol. The Labute approximate surface area is 88.4 Å². The van der Waals surface area contributed by atoms with Crippen LogP contribution in [0.1, 0.15) is 12.8 Å². The zero-order chi connectivity index (χ0) is 11.8. The molecule has 0 rings (SSSR count). The van der Waals surface area contributed by atoms with Crippen molar-refractivity contribution in [1.82, 2.24) is 4.90 Å². The molecule has 0 aromatic heterocycles. The number of carbonyl (C=O) groups excluding carboxylic acids is 1. The van der Waals surface area contributed by atoms with Gasteiger partial charge in [0.1, 0.15) is 6.10 Å². The van der Waals surface area contributed by atoms with Gasteiger partial charge in [0.05, 0.1) is 19.4 Å². The van der Waals surface area contributed by atoms with Crippen molar-refractivity contribution >= 4 is 11.9 Å². The fourth-order valence-electron chi connectivity index (χ4n) is 0.993. The number of hydrogen-bond acceptors (Lipinski definition) is 5. The molecule has 1 atom stereocenters. The van der Waals surface area contributed by atoms with Gasteiger partial charge in [-0.15, -0.1) is 0 Å². The molecule has 0 fully saturated rings. The average molecular weight is 219 g/mol. The number of aliphatic hydroxyl groups is 1. The summed E-state index contributed by atoms with van der Waals surface area (Å²) in [5.41, 5.74) is 0. The summed E-state index contributed by atoms with van der Waals surface area (Å²) in [6.45, 7) is 0.145. The Bertz CT molecular complexity index is 217. The van der Waals surface area contributed by atoms with Crippen molar-refractivity contribution in [2.24, 2.45) is 0 Å². The van der Waals surface area contributed by atoms with Crippen molar-refractivity contribution in [2.45, 2.75) is 18.9 Å². The van der Waals surface area contributed by atoms with Gasteiger partial charge in [0, 0.05) is 6.54 Å². The maximum atomic E-state index is 11.1. The first-order valence-corrected chi connectivity index (χ1v) is 4.62. The fourth-order valence-corrected chi connectivity index (χ4v) is 0.993. The summed E-state index contributed by atoms with van der Waals surface area (Å²) < 4.78 is 4.87. The predicted octanol–water partition coefficient (Wildman–Crippen LogP) is -0.683. The summed E-state index contributed by atoms with van der Waals surface area (Å²) in [7, 11) is 3.57. The highest BCUT2D eigenvalue weighted by Crippen LogP contribution is 1.99. The molecule has 0 saturated carbocycles. The normalized spacial score (nSPS) is 12.5. The second-order valence-corrected chi connectivity index (χ2v) is 3.45. The van der Waals surface area contributed by atoms with Crippen LogP contribution in [0.2, 0.25) is 0 Å². The zero-order valence-electron chi connectivity index (χ0n) is 8.97. The van der Waals surface area contributed by atoms with E-state index < -0.39 is 18.0 Å². The molecule has 0 heterocycles. The van der Waals surface area contributed by atoms with E-state index in [0.29, 0.717) is 6.54 Å². The van der Waals surface area contributed by atoms with E-state index >= 15 is 0 Å². The number of carboxylic acids is 1. The average Bonchev–Trinajstić information content (AvgIpc) is 2.13. The van der Waals surface area contributed by atoms with Crippen LogP contribution in [-0.2, 0) is 14.3 Å². The second-order valence-electron chi connectivity index (χ2n) is 3.45. The van der Waals surface area contributed by atoms with Crippen LogP contribution in [0.15, 0.2) is 0 Å². The lowest BCUT2D eigenvalue weighted by Crippen LogP contribution is -2.33. The first-order valence-electron chi connectivity index (χ1n) is 4.62. The van der Waals surface area contributed by atoms with Gasteiger partial charge in [0.2, 0.25) is 0 Å². The van der Waals surface area contributed by atoms with E-state index in [2.05, 4.69) is 0 Å². The number of rotatable bonds is 7. The van der Waals surface area contributed by atoms with Gasteiger partial charge in [-0.1, -0.05) is 0 Å². The molecule has 6 heteroatoms. The fraction of sp³-hybridized carbons (Fsp3) is 0.778. The van der Waals surface area contributed by atoms with Gasteiger partial charge in [-0.25, -0.2) is 0 Å². The number of esters is 1. The highest BCUT2D eigenvalue weighted by Gasteiger charge is 2.15. The van der Waals surface area contributed by atoms with Crippen molar-refractivity contribution in [2.75, 3.05) is 27.2 Å². The van der Waals surface area contributed by atoms with Crippen molar-refractivity contribution in [3.8, 4) is 0 Å². The summed E-state index contributed by atoms with van der Waals surface area (Å²) >= 11 is 0. The van der Waals surface area contributed by atoms with Crippen molar-refractivity contribution < 1.29 is 24.5 Å². The number of nitrogens with zero attached hydrogens (tertiary/aromatic N) is 1. The van der Waals surface area contributed by atoms with Crippen LogP contribution < -0.4 is 0 Å². The van der Waals surface area contributed by atoms with Crippen molar-refractivity contribution in [1.29, 1.82) is 0 Å². The minimum atomic E-state index is -1.04. The molecule has 0 aliphatic carbocycles. The van der Waals surface area contributed by atoms with E-state index in [1.54, 1.807) is 19.0 Å². The molecule has 88 valence electrons. The van der Waals surface area contributed by atoms with Gasteiger partial charge in [0.25, 0.3) is 0 Å². The van der Waals surface area contributed by atoms with Crippen molar-refractivity contribution in [3.05, 3.63) is 0 Å². The van der Waals surface area contributed by atoms with Gasteiger partial charge >= 0.3 is 11.9 Å². The number of ether oxygens (including phenoxy) is 1. The van der Waals surface area contributed by atoms with E-state index in [1.807, 2.05) is 0 Å². The highest BCUT2D eigenvalue weighted by molar-refractivity contribution is 5.76. The third-order valence-corrected chi connectivity index (χ3v) is 1.61. The molecule has 2 N–H and O–H groups in total. The first kappa shape index (κ1) is 13.9. The summed E-state index contributed by atoms with van der Waals surface area (Å²) in [5.74, 6) is -1.64.